The SMILES string of the molecule is Cn1cnnc1-c1ccccc1NC(=O)c1ccccc1. The number of amides is 1. The standard InChI is InChI=1S/C16H14N4O/c1-20-11-17-19-15(20)13-9-5-6-10-14(13)18-16(21)12-7-3-2-4-8-12/h2-11H,1H3,(H,18,21). The fourth-order valence-electron chi connectivity index (χ4n) is 2.10. The van der Waals surface area contributed by atoms with Crippen LogP contribution < -0.4 is 5.32 Å². The lowest BCUT2D eigenvalue weighted by atomic mass is 10.1. The molecule has 1 amide bonds. The summed E-state index contributed by atoms with van der Waals surface area (Å²) in [7, 11) is 1.87. The average molecular weight is 278 g/mol. The zero-order valence-electron chi connectivity index (χ0n) is 11.5. The summed E-state index contributed by atoms with van der Waals surface area (Å²) in [6.07, 6.45) is 1.63. The van der Waals surface area contributed by atoms with Gasteiger partial charge in [-0.3, -0.25) is 4.79 Å². The van der Waals surface area contributed by atoms with Crippen LogP contribution in [-0.2, 0) is 7.05 Å². The Kier molecular flexibility index (Phi) is 3.47. The minimum atomic E-state index is -0.148. The molecule has 1 heterocycles. The fourth-order valence-corrected chi connectivity index (χ4v) is 2.10. The molecule has 2 aromatic carbocycles. The van der Waals surface area contributed by atoms with E-state index in [2.05, 4.69) is 15.5 Å². The molecule has 3 rings (SSSR count). The third-order valence-corrected chi connectivity index (χ3v) is 3.16. The molecule has 1 aromatic heterocycles. The Morgan fingerprint density at radius 1 is 1.05 bits per heavy atom. The van der Waals surface area contributed by atoms with Crippen molar-refractivity contribution in [3.63, 3.8) is 0 Å². The van der Waals surface area contributed by atoms with E-state index in [1.54, 1.807) is 18.5 Å². The summed E-state index contributed by atoms with van der Waals surface area (Å²) in [5.74, 6) is 0.559. The molecule has 0 radical (unpaired) electrons. The zero-order chi connectivity index (χ0) is 14.7. The molecule has 104 valence electrons. The van der Waals surface area contributed by atoms with Gasteiger partial charge in [0.25, 0.3) is 5.91 Å². The lowest BCUT2D eigenvalue weighted by molar-refractivity contribution is 0.102. The van der Waals surface area contributed by atoms with Gasteiger partial charge in [-0.15, -0.1) is 10.2 Å². The van der Waals surface area contributed by atoms with Gasteiger partial charge in [-0.05, 0) is 24.3 Å². The number of nitrogens with one attached hydrogen (secondary N) is 1. The van der Waals surface area contributed by atoms with Crippen molar-refractivity contribution >= 4 is 11.6 Å². The van der Waals surface area contributed by atoms with Crippen LogP contribution in [0.1, 0.15) is 10.4 Å². The number of hydrogen-bond acceptors (Lipinski definition) is 3. The van der Waals surface area contributed by atoms with Gasteiger partial charge in [0, 0.05) is 18.2 Å². The summed E-state index contributed by atoms with van der Waals surface area (Å²) in [5, 5.41) is 10.9. The molecular formula is C16H14N4O. The lowest BCUT2D eigenvalue weighted by Crippen LogP contribution is -2.12. The first-order valence-electron chi connectivity index (χ1n) is 6.55. The lowest BCUT2D eigenvalue weighted by Gasteiger charge is -2.10. The highest BCUT2D eigenvalue weighted by atomic mass is 16.1. The number of rotatable bonds is 3. The van der Waals surface area contributed by atoms with Gasteiger partial charge in [-0.1, -0.05) is 30.3 Å². The summed E-state index contributed by atoms with van der Waals surface area (Å²) in [5.41, 5.74) is 2.16. The normalized spacial score (nSPS) is 10.3. The van der Waals surface area contributed by atoms with Crippen molar-refractivity contribution < 1.29 is 4.79 Å². The van der Waals surface area contributed by atoms with Crippen molar-refractivity contribution in [2.75, 3.05) is 5.32 Å². The second-order valence-corrected chi connectivity index (χ2v) is 4.63. The number of nitrogens with zero attached hydrogens (tertiary/aromatic N) is 3. The largest absolute Gasteiger partial charge is 0.321 e. The third kappa shape index (κ3) is 2.67. The molecule has 0 unspecified atom stereocenters. The van der Waals surface area contributed by atoms with Crippen molar-refractivity contribution in [1.82, 2.24) is 14.8 Å². The number of aryl methyl sites for hydroxylation is 1. The Morgan fingerprint density at radius 3 is 2.48 bits per heavy atom. The molecule has 0 saturated heterocycles. The summed E-state index contributed by atoms with van der Waals surface area (Å²) in [6, 6.07) is 16.6. The van der Waals surface area contributed by atoms with Crippen LogP contribution >= 0.6 is 0 Å². The minimum Gasteiger partial charge on any atom is -0.321 e. The highest BCUT2D eigenvalue weighted by Gasteiger charge is 2.12. The van der Waals surface area contributed by atoms with Crippen LogP contribution in [-0.4, -0.2) is 20.7 Å². The highest BCUT2D eigenvalue weighted by Crippen LogP contribution is 2.25. The van der Waals surface area contributed by atoms with Crippen LogP contribution in [0.25, 0.3) is 11.4 Å². The van der Waals surface area contributed by atoms with E-state index in [0.29, 0.717) is 17.1 Å². The van der Waals surface area contributed by atoms with Gasteiger partial charge in [-0.25, -0.2) is 0 Å². The first-order valence-corrected chi connectivity index (χ1v) is 6.55. The maximum Gasteiger partial charge on any atom is 0.255 e. The van der Waals surface area contributed by atoms with Gasteiger partial charge >= 0.3 is 0 Å². The zero-order valence-corrected chi connectivity index (χ0v) is 11.5. The predicted octanol–water partition coefficient (Wildman–Crippen LogP) is 2.73. The van der Waals surface area contributed by atoms with Crippen molar-refractivity contribution in [2.24, 2.45) is 7.05 Å². The third-order valence-electron chi connectivity index (χ3n) is 3.16. The summed E-state index contributed by atoms with van der Waals surface area (Å²) in [6.45, 7) is 0. The number of carbonyl (C=O) groups excluding carboxylic acids is 1. The minimum absolute atomic E-state index is 0.148. The summed E-state index contributed by atoms with van der Waals surface area (Å²) < 4.78 is 1.81. The predicted molar refractivity (Wildman–Crippen MR) is 80.8 cm³/mol. The van der Waals surface area contributed by atoms with E-state index in [9.17, 15) is 4.79 Å². The molecular weight excluding hydrogens is 264 g/mol. The maximum atomic E-state index is 12.3. The number of para-hydroxylation sites is 1. The van der Waals surface area contributed by atoms with Gasteiger partial charge < -0.3 is 9.88 Å². The van der Waals surface area contributed by atoms with E-state index in [4.69, 9.17) is 0 Å². The van der Waals surface area contributed by atoms with E-state index in [1.165, 1.54) is 0 Å². The summed E-state index contributed by atoms with van der Waals surface area (Å²) >= 11 is 0. The first kappa shape index (κ1) is 13.1. The number of aromatic nitrogens is 3. The van der Waals surface area contributed by atoms with Gasteiger partial charge in [0.15, 0.2) is 5.82 Å². The molecule has 21 heavy (non-hydrogen) atoms. The first-order chi connectivity index (χ1) is 10.3. The number of anilines is 1. The number of carbonyl (C=O) groups is 1. The molecule has 5 heteroatoms. The van der Waals surface area contributed by atoms with Gasteiger partial charge in [-0.2, -0.15) is 0 Å². The van der Waals surface area contributed by atoms with Gasteiger partial charge in [0.1, 0.15) is 6.33 Å². The van der Waals surface area contributed by atoms with Crippen molar-refractivity contribution in [3.05, 3.63) is 66.5 Å². The van der Waals surface area contributed by atoms with Crippen LogP contribution in [0, 0.1) is 0 Å². The molecule has 0 saturated carbocycles. The van der Waals surface area contributed by atoms with E-state index in [-0.39, 0.29) is 5.91 Å². The fraction of sp³-hybridized carbons (Fsp3) is 0.0625. The molecule has 0 aliphatic rings. The second-order valence-electron chi connectivity index (χ2n) is 4.63. The topological polar surface area (TPSA) is 59.8 Å². The van der Waals surface area contributed by atoms with Crippen molar-refractivity contribution in [2.45, 2.75) is 0 Å². The van der Waals surface area contributed by atoms with Crippen molar-refractivity contribution in [3.8, 4) is 11.4 Å². The summed E-state index contributed by atoms with van der Waals surface area (Å²) in [4.78, 5) is 12.3. The van der Waals surface area contributed by atoms with Gasteiger partial charge in [0.2, 0.25) is 0 Å². The van der Waals surface area contributed by atoms with Crippen molar-refractivity contribution in [1.29, 1.82) is 0 Å². The van der Waals surface area contributed by atoms with Crippen LogP contribution in [0.2, 0.25) is 0 Å². The highest BCUT2D eigenvalue weighted by molar-refractivity contribution is 6.06. The molecule has 0 bridgehead atoms. The average Bonchev–Trinajstić information content (AvgIpc) is 2.95. The van der Waals surface area contributed by atoms with Crippen LogP contribution in [0.5, 0.6) is 0 Å². The quantitative estimate of drug-likeness (QED) is 0.801. The van der Waals surface area contributed by atoms with Crippen LogP contribution in [0.3, 0.4) is 0 Å². The van der Waals surface area contributed by atoms with Crippen LogP contribution in [0.4, 0.5) is 5.69 Å². The van der Waals surface area contributed by atoms with Gasteiger partial charge in [0.05, 0.1) is 5.69 Å². The molecule has 5 nitrogen and oxygen atoms in total. The Bertz CT molecular complexity index is 765. The van der Waals surface area contributed by atoms with E-state index in [1.807, 2.05) is 54.1 Å². The molecule has 0 atom stereocenters. The number of benzene rings is 2. The van der Waals surface area contributed by atoms with Crippen LogP contribution in [0.15, 0.2) is 60.9 Å². The number of hydrogen-bond donors (Lipinski definition) is 1. The molecule has 3 aromatic rings. The smallest absolute Gasteiger partial charge is 0.255 e. The molecule has 1 N–H and O–H groups in total. The molecule has 0 aliphatic carbocycles. The Labute approximate surface area is 122 Å². The molecule has 0 aliphatic heterocycles. The monoisotopic (exact) mass is 278 g/mol. The Balaban J connectivity index is 1.94. The maximum absolute atomic E-state index is 12.3. The Morgan fingerprint density at radius 2 is 1.76 bits per heavy atom. The van der Waals surface area contributed by atoms with E-state index in [0.717, 1.165) is 5.56 Å². The molecule has 0 fully saturated rings. The van der Waals surface area contributed by atoms with E-state index >= 15 is 0 Å². The van der Waals surface area contributed by atoms with E-state index < -0.39 is 0 Å². The second kappa shape index (κ2) is 5.58. The molecule has 0 spiro atoms. The Hall–Kier alpha value is -2.95.